The minimum Gasteiger partial charge on any atom is -0.391 e. The fourth-order valence-corrected chi connectivity index (χ4v) is 5.53. The van der Waals surface area contributed by atoms with E-state index in [0.717, 1.165) is 24.4 Å². The van der Waals surface area contributed by atoms with Crippen molar-refractivity contribution in [2.75, 3.05) is 26.2 Å². The van der Waals surface area contributed by atoms with Gasteiger partial charge in [-0.25, -0.2) is 8.42 Å². The summed E-state index contributed by atoms with van der Waals surface area (Å²) in [6.07, 6.45) is 1.08. The maximum Gasteiger partial charge on any atom is 0.244 e. The normalized spacial score (nSPS) is 19.8. The van der Waals surface area contributed by atoms with E-state index in [-0.39, 0.29) is 6.61 Å². The van der Waals surface area contributed by atoms with Gasteiger partial charge in [0.05, 0.1) is 11.5 Å². The molecule has 0 bridgehead atoms. The lowest BCUT2D eigenvalue weighted by Gasteiger charge is -2.37. The van der Waals surface area contributed by atoms with Gasteiger partial charge < -0.3 is 5.11 Å². The molecule has 5 nitrogen and oxygen atoms in total. The Morgan fingerprint density at radius 2 is 1.95 bits per heavy atom. The summed E-state index contributed by atoms with van der Waals surface area (Å²) in [6, 6.07) is 2.11. The van der Waals surface area contributed by atoms with Gasteiger partial charge in [-0.05, 0) is 26.3 Å². The summed E-state index contributed by atoms with van der Waals surface area (Å²) in [7, 11) is -3.43. The molecule has 0 aliphatic carbocycles. The van der Waals surface area contributed by atoms with Crippen LogP contribution in [0.4, 0.5) is 0 Å². The molecule has 0 aromatic carbocycles. The number of rotatable bonds is 5. The zero-order valence-electron chi connectivity index (χ0n) is 12.9. The Hall–Kier alpha value is -0.470. The molecule has 0 spiro atoms. The van der Waals surface area contributed by atoms with Crippen LogP contribution in [0.1, 0.15) is 30.0 Å². The van der Waals surface area contributed by atoms with Crippen molar-refractivity contribution < 1.29 is 13.5 Å². The molecule has 1 aromatic rings. The van der Waals surface area contributed by atoms with Crippen LogP contribution in [0.15, 0.2) is 11.0 Å². The molecule has 1 aliphatic heterocycles. The third kappa shape index (κ3) is 3.48. The molecule has 21 heavy (non-hydrogen) atoms. The van der Waals surface area contributed by atoms with E-state index in [4.69, 9.17) is 5.11 Å². The highest BCUT2D eigenvalue weighted by Gasteiger charge is 2.31. The summed E-state index contributed by atoms with van der Waals surface area (Å²) >= 11 is 1.35. The largest absolute Gasteiger partial charge is 0.391 e. The Morgan fingerprint density at radius 3 is 2.43 bits per heavy atom. The van der Waals surface area contributed by atoms with E-state index in [0.29, 0.717) is 28.9 Å². The number of aliphatic hydroxyl groups is 1. The van der Waals surface area contributed by atoms with E-state index in [2.05, 4.69) is 18.7 Å². The summed E-state index contributed by atoms with van der Waals surface area (Å²) in [6.45, 7) is 8.66. The zero-order valence-corrected chi connectivity index (χ0v) is 14.5. The van der Waals surface area contributed by atoms with E-state index in [9.17, 15) is 8.42 Å². The number of piperazine rings is 1. The van der Waals surface area contributed by atoms with Gasteiger partial charge in [0.15, 0.2) is 0 Å². The highest BCUT2D eigenvalue weighted by Crippen LogP contribution is 2.29. The number of thiophene rings is 1. The second kappa shape index (κ2) is 6.75. The Balaban J connectivity index is 2.13. The fraction of sp³-hybridized carbons (Fsp3) is 0.714. The summed E-state index contributed by atoms with van der Waals surface area (Å²) in [5, 5.41) is 9.17. The fourth-order valence-electron chi connectivity index (χ4n) is 2.64. The van der Waals surface area contributed by atoms with E-state index in [1.165, 1.54) is 11.3 Å². The molecule has 1 atom stereocenters. The molecular formula is C14H24N2O3S2. The van der Waals surface area contributed by atoms with Crippen LogP contribution in [-0.2, 0) is 16.6 Å². The van der Waals surface area contributed by atoms with Crippen LogP contribution in [0.3, 0.4) is 0 Å². The van der Waals surface area contributed by atoms with Crippen molar-refractivity contribution in [2.24, 2.45) is 0 Å². The van der Waals surface area contributed by atoms with Gasteiger partial charge in [0.2, 0.25) is 10.0 Å². The Kier molecular flexibility index (Phi) is 5.43. The number of hydrogen-bond donors (Lipinski definition) is 1. The summed E-state index contributed by atoms with van der Waals surface area (Å²) in [4.78, 5) is 4.15. The van der Waals surface area contributed by atoms with E-state index in [1.807, 2.05) is 0 Å². The zero-order chi connectivity index (χ0) is 15.6. The van der Waals surface area contributed by atoms with E-state index >= 15 is 0 Å². The maximum atomic E-state index is 12.7. The first-order valence-corrected chi connectivity index (χ1v) is 9.60. The molecule has 0 amide bonds. The minimum absolute atomic E-state index is 0.108. The molecule has 1 unspecified atom stereocenters. The molecule has 1 aromatic heterocycles. The average molecular weight is 332 g/mol. The summed E-state index contributed by atoms with van der Waals surface area (Å²) in [5.41, 5.74) is 0. The predicted octanol–water partition coefficient (Wildman–Crippen LogP) is 1.65. The standard InChI is InChI=1S/C14H24N2O3S2/c1-4-11(2)15-5-7-16(8-6-15)21(18,19)14-9-13(10-17)20-12(14)3/h9,11,17H,4-8,10H2,1-3H3. The third-order valence-corrected chi connectivity index (χ3v) is 7.37. The molecule has 0 saturated carbocycles. The van der Waals surface area contributed by atoms with Gasteiger partial charge in [0, 0.05) is 42.0 Å². The maximum absolute atomic E-state index is 12.7. The Bertz CT molecular complexity index is 575. The second-order valence-corrected chi connectivity index (χ2v) is 8.74. The Labute approximate surface area is 131 Å². The number of aryl methyl sites for hydroxylation is 1. The van der Waals surface area contributed by atoms with E-state index in [1.54, 1.807) is 17.3 Å². The lowest BCUT2D eigenvalue weighted by atomic mass is 10.2. The summed E-state index contributed by atoms with van der Waals surface area (Å²) < 4.78 is 27.0. The minimum atomic E-state index is -3.43. The lowest BCUT2D eigenvalue weighted by Crippen LogP contribution is -2.51. The number of hydrogen-bond acceptors (Lipinski definition) is 5. The van der Waals surface area contributed by atoms with Gasteiger partial charge >= 0.3 is 0 Å². The van der Waals surface area contributed by atoms with Gasteiger partial charge in [-0.2, -0.15) is 4.31 Å². The monoisotopic (exact) mass is 332 g/mol. The first-order chi connectivity index (χ1) is 9.90. The molecular weight excluding hydrogens is 308 g/mol. The quantitative estimate of drug-likeness (QED) is 0.891. The lowest BCUT2D eigenvalue weighted by molar-refractivity contribution is 0.142. The highest BCUT2D eigenvalue weighted by atomic mass is 32.2. The average Bonchev–Trinajstić information content (AvgIpc) is 2.88. The van der Waals surface area contributed by atoms with Crippen LogP contribution in [0.25, 0.3) is 0 Å². The topological polar surface area (TPSA) is 60.9 Å². The number of nitrogens with zero attached hydrogens (tertiary/aromatic N) is 2. The van der Waals surface area contributed by atoms with Crippen molar-refractivity contribution in [1.82, 2.24) is 9.21 Å². The summed E-state index contributed by atoms with van der Waals surface area (Å²) in [5.74, 6) is 0. The second-order valence-electron chi connectivity index (χ2n) is 5.49. The van der Waals surface area contributed by atoms with Crippen molar-refractivity contribution in [3.05, 3.63) is 15.8 Å². The van der Waals surface area contributed by atoms with Crippen LogP contribution in [0, 0.1) is 6.92 Å². The highest BCUT2D eigenvalue weighted by molar-refractivity contribution is 7.89. The molecule has 1 saturated heterocycles. The molecule has 7 heteroatoms. The van der Waals surface area contributed by atoms with Crippen molar-refractivity contribution in [1.29, 1.82) is 0 Å². The molecule has 1 N–H and O–H groups in total. The molecule has 2 rings (SSSR count). The third-order valence-electron chi connectivity index (χ3n) is 4.18. The molecule has 0 radical (unpaired) electrons. The smallest absolute Gasteiger partial charge is 0.244 e. The molecule has 2 heterocycles. The molecule has 1 aliphatic rings. The van der Waals surface area contributed by atoms with Crippen LogP contribution in [-0.4, -0.2) is 55.0 Å². The number of sulfonamides is 1. The van der Waals surface area contributed by atoms with Gasteiger partial charge in [0.25, 0.3) is 0 Å². The molecule has 1 fully saturated rings. The predicted molar refractivity (Wildman–Crippen MR) is 85.1 cm³/mol. The first kappa shape index (κ1) is 16.9. The van der Waals surface area contributed by atoms with Crippen molar-refractivity contribution in [3.8, 4) is 0 Å². The SMILES string of the molecule is CCC(C)N1CCN(S(=O)(=O)c2cc(CO)sc2C)CC1. The van der Waals surface area contributed by atoms with Crippen molar-refractivity contribution >= 4 is 21.4 Å². The van der Waals surface area contributed by atoms with E-state index < -0.39 is 10.0 Å². The van der Waals surface area contributed by atoms with Gasteiger partial charge in [-0.3, -0.25) is 4.90 Å². The van der Waals surface area contributed by atoms with Crippen LogP contribution in [0.2, 0.25) is 0 Å². The van der Waals surface area contributed by atoms with Crippen LogP contribution < -0.4 is 0 Å². The van der Waals surface area contributed by atoms with Crippen molar-refractivity contribution in [2.45, 2.75) is 44.7 Å². The molecule has 120 valence electrons. The van der Waals surface area contributed by atoms with Crippen molar-refractivity contribution in [3.63, 3.8) is 0 Å². The first-order valence-electron chi connectivity index (χ1n) is 7.34. The van der Waals surface area contributed by atoms with Crippen LogP contribution in [0.5, 0.6) is 0 Å². The Morgan fingerprint density at radius 1 is 1.33 bits per heavy atom. The van der Waals surface area contributed by atoms with Gasteiger partial charge in [-0.15, -0.1) is 11.3 Å². The van der Waals surface area contributed by atoms with Crippen LogP contribution >= 0.6 is 11.3 Å². The number of aliphatic hydroxyl groups excluding tert-OH is 1. The van der Waals surface area contributed by atoms with Gasteiger partial charge in [0.1, 0.15) is 0 Å². The van der Waals surface area contributed by atoms with Gasteiger partial charge in [-0.1, -0.05) is 6.92 Å².